The third-order valence-electron chi connectivity index (χ3n) is 2.42. The maximum atomic E-state index is 13.0. The average Bonchev–Trinajstić information content (AvgIpc) is 2.33. The first-order valence-corrected chi connectivity index (χ1v) is 7.56. The van der Waals surface area contributed by atoms with Crippen molar-refractivity contribution in [1.82, 2.24) is 0 Å². The van der Waals surface area contributed by atoms with E-state index < -0.39 is 15.8 Å². The van der Waals surface area contributed by atoms with Crippen molar-refractivity contribution in [2.45, 2.75) is 4.90 Å². The molecule has 0 unspecified atom stereocenters. The molecule has 3 N–H and O–H groups in total. The summed E-state index contributed by atoms with van der Waals surface area (Å²) in [6, 6.07) is 7.51. The molecular formula is C12H9Cl2FN2O2S. The minimum absolute atomic E-state index is 0.00860. The van der Waals surface area contributed by atoms with Gasteiger partial charge in [-0.15, -0.1) is 0 Å². The maximum Gasteiger partial charge on any atom is 0.263 e. The van der Waals surface area contributed by atoms with Crippen LogP contribution in [0.25, 0.3) is 0 Å². The molecule has 0 bridgehead atoms. The molecule has 2 aromatic rings. The van der Waals surface area contributed by atoms with Crippen LogP contribution in [0.5, 0.6) is 0 Å². The fraction of sp³-hybridized carbons (Fsp3) is 0. The first kappa shape index (κ1) is 14.9. The van der Waals surface area contributed by atoms with E-state index in [4.69, 9.17) is 28.9 Å². The minimum Gasteiger partial charge on any atom is -0.399 e. The topological polar surface area (TPSA) is 72.2 Å². The lowest BCUT2D eigenvalue weighted by atomic mass is 10.3. The molecule has 4 nitrogen and oxygen atoms in total. The molecule has 0 saturated carbocycles. The number of hydrogen-bond acceptors (Lipinski definition) is 3. The van der Waals surface area contributed by atoms with Crippen molar-refractivity contribution in [3.63, 3.8) is 0 Å². The Hall–Kier alpha value is -1.50. The van der Waals surface area contributed by atoms with E-state index in [1.165, 1.54) is 30.3 Å². The monoisotopic (exact) mass is 334 g/mol. The van der Waals surface area contributed by atoms with Gasteiger partial charge >= 0.3 is 0 Å². The summed E-state index contributed by atoms with van der Waals surface area (Å²) in [5, 5.41) is -0.195. The SMILES string of the molecule is Nc1ccc(S(=O)(=O)Nc2ccc(F)c(Cl)c2)c(Cl)c1. The predicted octanol–water partition coefficient (Wildman–Crippen LogP) is 3.52. The third kappa shape index (κ3) is 3.15. The van der Waals surface area contributed by atoms with Gasteiger partial charge in [-0.05, 0) is 36.4 Å². The van der Waals surface area contributed by atoms with Crippen LogP contribution >= 0.6 is 23.2 Å². The van der Waals surface area contributed by atoms with Gasteiger partial charge in [-0.25, -0.2) is 12.8 Å². The summed E-state index contributed by atoms with van der Waals surface area (Å²) in [5.74, 6) is -0.639. The molecule has 0 aliphatic carbocycles. The Morgan fingerprint density at radius 2 is 1.75 bits per heavy atom. The van der Waals surface area contributed by atoms with Gasteiger partial charge in [0.15, 0.2) is 0 Å². The summed E-state index contributed by atoms with van der Waals surface area (Å²) in [4.78, 5) is -0.131. The highest BCUT2D eigenvalue weighted by atomic mass is 35.5. The van der Waals surface area contributed by atoms with Crippen molar-refractivity contribution in [2.24, 2.45) is 0 Å². The van der Waals surface area contributed by atoms with Crippen LogP contribution in [0.1, 0.15) is 0 Å². The van der Waals surface area contributed by atoms with Gasteiger partial charge in [-0.2, -0.15) is 0 Å². The molecular weight excluding hydrogens is 326 g/mol. The Labute approximate surface area is 125 Å². The third-order valence-corrected chi connectivity index (χ3v) is 4.57. The molecule has 8 heteroatoms. The molecule has 106 valence electrons. The fourth-order valence-corrected chi connectivity index (χ4v) is 3.29. The summed E-state index contributed by atoms with van der Waals surface area (Å²) >= 11 is 11.4. The zero-order chi connectivity index (χ0) is 14.9. The van der Waals surface area contributed by atoms with Crippen molar-refractivity contribution in [3.05, 3.63) is 52.3 Å². The van der Waals surface area contributed by atoms with Gasteiger partial charge in [-0.1, -0.05) is 23.2 Å². The second kappa shape index (κ2) is 5.47. The zero-order valence-corrected chi connectivity index (χ0v) is 12.2. The first-order valence-electron chi connectivity index (χ1n) is 5.32. The van der Waals surface area contributed by atoms with Crippen LogP contribution in [0.4, 0.5) is 15.8 Å². The first-order chi connectivity index (χ1) is 9.29. The number of benzene rings is 2. The summed E-state index contributed by atoms with van der Waals surface area (Å²) in [6.45, 7) is 0. The number of nitrogen functional groups attached to an aromatic ring is 1. The molecule has 0 amide bonds. The lowest BCUT2D eigenvalue weighted by Crippen LogP contribution is -2.13. The smallest absolute Gasteiger partial charge is 0.263 e. The Morgan fingerprint density at radius 1 is 1.05 bits per heavy atom. The largest absolute Gasteiger partial charge is 0.399 e. The van der Waals surface area contributed by atoms with Gasteiger partial charge in [0, 0.05) is 5.69 Å². The van der Waals surface area contributed by atoms with Crippen LogP contribution in [0.2, 0.25) is 10.0 Å². The van der Waals surface area contributed by atoms with E-state index in [1.807, 2.05) is 0 Å². The number of nitrogens with two attached hydrogens (primary N) is 1. The molecule has 0 aromatic heterocycles. The molecule has 0 atom stereocenters. The van der Waals surface area contributed by atoms with Crippen molar-refractivity contribution in [2.75, 3.05) is 10.5 Å². The van der Waals surface area contributed by atoms with Gasteiger partial charge in [0.1, 0.15) is 10.7 Å². The zero-order valence-electron chi connectivity index (χ0n) is 9.90. The highest BCUT2D eigenvalue weighted by Gasteiger charge is 2.18. The molecule has 0 spiro atoms. The quantitative estimate of drug-likeness (QED) is 0.843. The average molecular weight is 335 g/mol. The van der Waals surface area contributed by atoms with Gasteiger partial charge in [0.05, 0.1) is 15.7 Å². The Morgan fingerprint density at radius 3 is 2.35 bits per heavy atom. The molecule has 2 aromatic carbocycles. The van der Waals surface area contributed by atoms with Gasteiger partial charge in [-0.3, -0.25) is 4.72 Å². The van der Waals surface area contributed by atoms with Crippen molar-refractivity contribution in [1.29, 1.82) is 0 Å². The highest BCUT2D eigenvalue weighted by molar-refractivity contribution is 7.92. The van der Waals surface area contributed by atoms with Crippen LogP contribution in [0.3, 0.4) is 0 Å². The fourth-order valence-electron chi connectivity index (χ4n) is 1.50. The van der Waals surface area contributed by atoms with Crippen molar-refractivity contribution < 1.29 is 12.8 Å². The van der Waals surface area contributed by atoms with Crippen molar-refractivity contribution >= 4 is 44.6 Å². The molecule has 0 saturated heterocycles. The summed E-state index contributed by atoms with van der Waals surface area (Å²) in [5.41, 5.74) is 5.98. The van der Waals surface area contributed by atoms with E-state index >= 15 is 0 Å². The number of hydrogen-bond donors (Lipinski definition) is 2. The number of nitrogens with one attached hydrogen (secondary N) is 1. The molecule has 0 aliphatic heterocycles. The number of sulfonamides is 1. The van der Waals surface area contributed by atoms with E-state index in [1.54, 1.807) is 0 Å². The van der Waals surface area contributed by atoms with Crippen LogP contribution < -0.4 is 10.5 Å². The Balaban J connectivity index is 2.38. The molecule has 0 aliphatic rings. The van der Waals surface area contributed by atoms with E-state index in [-0.39, 0.29) is 20.6 Å². The van der Waals surface area contributed by atoms with Crippen molar-refractivity contribution in [3.8, 4) is 0 Å². The van der Waals surface area contributed by atoms with Gasteiger partial charge < -0.3 is 5.73 Å². The Bertz CT molecular complexity index is 766. The normalized spacial score (nSPS) is 11.3. The lowest BCUT2D eigenvalue weighted by molar-refractivity contribution is 0.601. The minimum atomic E-state index is -3.91. The lowest BCUT2D eigenvalue weighted by Gasteiger charge is -2.10. The number of anilines is 2. The molecule has 20 heavy (non-hydrogen) atoms. The van der Waals surface area contributed by atoms with Crippen LogP contribution in [0.15, 0.2) is 41.3 Å². The molecule has 0 heterocycles. The number of halogens is 3. The van der Waals surface area contributed by atoms with Crippen LogP contribution in [-0.2, 0) is 10.0 Å². The summed E-state index contributed by atoms with van der Waals surface area (Å²) < 4.78 is 39.6. The molecule has 2 rings (SSSR count). The molecule has 0 radical (unpaired) electrons. The standard InChI is InChI=1S/C12H9Cl2FN2O2S/c13-9-6-8(2-3-11(9)15)17-20(18,19)12-4-1-7(16)5-10(12)14/h1-6,17H,16H2. The van der Waals surface area contributed by atoms with E-state index in [0.29, 0.717) is 5.69 Å². The van der Waals surface area contributed by atoms with Gasteiger partial charge in [0.2, 0.25) is 0 Å². The second-order valence-corrected chi connectivity index (χ2v) is 6.39. The van der Waals surface area contributed by atoms with E-state index in [2.05, 4.69) is 4.72 Å². The summed E-state index contributed by atoms with van der Waals surface area (Å²) in [6.07, 6.45) is 0. The Kier molecular flexibility index (Phi) is 4.08. The highest BCUT2D eigenvalue weighted by Crippen LogP contribution is 2.27. The summed E-state index contributed by atoms with van der Waals surface area (Å²) in [7, 11) is -3.91. The van der Waals surface area contributed by atoms with Crippen LogP contribution in [0, 0.1) is 5.82 Å². The second-order valence-electron chi connectivity index (χ2n) is 3.92. The maximum absolute atomic E-state index is 13.0. The van der Waals surface area contributed by atoms with E-state index in [9.17, 15) is 12.8 Å². The number of rotatable bonds is 3. The van der Waals surface area contributed by atoms with Crippen LogP contribution in [-0.4, -0.2) is 8.42 Å². The molecule has 0 fully saturated rings. The van der Waals surface area contributed by atoms with Gasteiger partial charge in [0.25, 0.3) is 10.0 Å². The predicted molar refractivity (Wildman–Crippen MR) is 78.1 cm³/mol. The van der Waals surface area contributed by atoms with E-state index in [0.717, 1.165) is 6.07 Å².